The highest BCUT2D eigenvalue weighted by Gasteiger charge is 2.16. The minimum absolute atomic E-state index is 0.861. The Kier molecular flexibility index (Phi) is 9.36. The van der Waals surface area contributed by atoms with Gasteiger partial charge in [0.2, 0.25) is 0 Å². The van der Waals surface area contributed by atoms with Gasteiger partial charge in [0.15, 0.2) is 0 Å². The monoisotopic (exact) mass is 625 g/mol. The molecule has 0 N–H and O–H groups in total. The zero-order valence-corrected chi connectivity index (χ0v) is 27.1. The van der Waals surface area contributed by atoms with E-state index in [4.69, 9.17) is 16.6 Å². The Labute approximate surface area is 283 Å². The van der Waals surface area contributed by atoms with Crippen LogP contribution in [0.2, 0.25) is 0 Å². The molecule has 2 aliphatic rings. The van der Waals surface area contributed by atoms with Crippen LogP contribution in [-0.2, 0) is 0 Å². The van der Waals surface area contributed by atoms with Crippen LogP contribution in [0.15, 0.2) is 186 Å². The maximum Gasteiger partial charge on any atom is 0.0715 e. The van der Waals surface area contributed by atoms with E-state index in [0.29, 0.717) is 0 Å². The van der Waals surface area contributed by atoms with Gasteiger partial charge in [-0.25, -0.2) is 4.98 Å². The number of rotatable bonds is 7. The van der Waals surface area contributed by atoms with Crippen molar-refractivity contribution in [3.8, 4) is 22.5 Å². The van der Waals surface area contributed by atoms with E-state index in [-0.39, 0.29) is 0 Å². The molecule has 7 rings (SSSR count). The summed E-state index contributed by atoms with van der Waals surface area (Å²) in [7, 11) is 0. The topological polar surface area (TPSA) is 12.9 Å². The number of aromatic nitrogens is 1. The van der Waals surface area contributed by atoms with Gasteiger partial charge in [0.25, 0.3) is 0 Å². The SMILES string of the molecule is ClC1=C(/C=C\c2cc(-c3ccccc3)nc(-c3ccccc3)c2)CCC/C1=C\C=C1C=C(c2ccccc2)CC(c2ccccc2)=C1. The van der Waals surface area contributed by atoms with Crippen LogP contribution in [-0.4, -0.2) is 4.98 Å². The molecule has 0 aliphatic heterocycles. The van der Waals surface area contributed by atoms with E-state index >= 15 is 0 Å². The molecule has 1 aromatic heterocycles. The second kappa shape index (κ2) is 14.5. The Morgan fingerprint density at radius 1 is 0.532 bits per heavy atom. The Morgan fingerprint density at radius 2 is 1.02 bits per heavy atom. The summed E-state index contributed by atoms with van der Waals surface area (Å²) in [4.78, 5) is 5.02. The molecule has 47 heavy (non-hydrogen) atoms. The van der Waals surface area contributed by atoms with Gasteiger partial charge in [-0.1, -0.05) is 169 Å². The van der Waals surface area contributed by atoms with E-state index in [1.165, 1.54) is 39.0 Å². The molecule has 0 bridgehead atoms. The molecule has 0 saturated carbocycles. The average molecular weight is 626 g/mol. The second-order valence-electron chi connectivity index (χ2n) is 12.0. The molecule has 1 heterocycles. The summed E-state index contributed by atoms with van der Waals surface area (Å²) in [6.45, 7) is 0. The van der Waals surface area contributed by atoms with Crippen molar-refractivity contribution < 1.29 is 0 Å². The molecule has 0 spiro atoms. The van der Waals surface area contributed by atoms with Gasteiger partial charge in [-0.15, -0.1) is 0 Å². The van der Waals surface area contributed by atoms with Gasteiger partial charge >= 0.3 is 0 Å². The van der Waals surface area contributed by atoms with Gasteiger partial charge in [0.05, 0.1) is 11.4 Å². The fourth-order valence-corrected chi connectivity index (χ4v) is 6.60. The van der Waals surface area contributed by atoms with Gasteiger partial charge in [0.1, 0.15) is 0 Å². The highest BCUT2D eigenvalue weighted by molar-refractivity contribution is 6.32. The van der Waals surface area contributed by atoms with Gasteiger partial charge in [-0.05, 0) is 82.4 Å². The van der Waals surface area contributed by atoms with Crippen LogP contribution < -0.4 is 0 Å². The van der Waals surface area contributed by atoms with Gasteiger partial charge in [-0.2, -0.15) is 0 Å². The molecule has 2 heteroatoms. The van der Waals surface area contributed by atoms with E-state index < -0.39 is 0 Å². The Morgan fingerprint density at radius 3 is 1.53 bits per heavy atom. The molecule has 1 nitrogen and oxygen atoms in total. The molecule has 228 valence electrons. The summed E-state index contributed by atoms with van der Waals surface area (Å²) in [6, 6.07) is 46.4. The maximum atomic E-state index is 7.12. The van der Waals surface area contributed by atoms with Gasteiger partial charge in [0, 0.05) is 16.2 Å². The summed E-state index contributed by atoms with van der Waals surface area (Å²) in [5.74, 6) is 0. The van der Waals surface area contributed by atoms with E-state index in [2.05, 4.69) is 158 Å². The van der Waals surface area contributed by atoms with Gasteiger partial charge < -0.3 is 0 Å². The highest BCUT2D eigenvalue weighted by atomic mass is 35.5. The van der Waals surface area contributed by atoms with Crippen molar-refractivity contribution in [2.24, 2.45) is 0 Å². The lowest BCUT2D eigenvalue weighted by Gasteiger charge is -2.19. The van der Waals surface area contributed by atoms with Crippen LogP contribution >= 0.6 is 11.6 Å². The van der Waals surface area contributed by atoms with E-state index in [0.717, 1.165) is 58.8 Å². The summed E-state index contributed by atoms with van der Waals surface area (Å²) in [5, 5.41) is 0.861. The molecule has 0 radical (unpaired) electrons. The molecule has 2 aliphatic carbocycles. The van der Waals surface area contributed by atoms with Crippen molar-refractivity contribution >= 4 is 28.8 Å². The number of allylic oxidation sites excluding steroid dienone is 11. The highest BCUT2D eigenvalue weighted by Crippen LogP contribution is 2.37. The van der Waals surface area contributed by atoms with Crippen LogP contribution in [0.25, 0.3) is 39.7 Å². The molecule has 5 aromatic rings. The zero-order valence-electron chi connectivity index (χ0n) is 26.3. The third-order valence-electron chi connectivity index (χ3n) is 8.75. The Balaban J connectivity index is 1.21. The molecule has 0 fully saturated rings. The normalized spacial score (nSPS) is 15.9. The van der Waals surface area contributed by atoms with Crippen LogP contribution in [0.5, 0.6) is 0 Å². The molecule has 0 atom stereocenters. The molecule has 0 amide bonds. The largest absolute Gasteiger partial charge is 0.248 e. The minimum Gasteiger partial charge on any atom is -0.248 e. The van der Waals surface area contributed by atoms with Crippen LogP contribution in [0.4, 0.5) is 0 Å². The smallest absolute Gasteiger partial charge is 0.0715 e. The number of halogens is 1. The predicted octanol–water partition coefficient (Wildman–Crippen LogP) is 12.5. The molecule has 4 aromatic carbocycles. The quantitative estimate of drug-likeness (QED) is 0.175. The third kappa shape index (κ3) is 7.43. The first kappa shape index (κ1) is 30.4. The first-order chi connectivity index (χ1) is 23.2. The number of hydrogen-bond donors (Lipinski definition) is 0. The fraction of sp³-hybridized carbons (Fsp3) is 0.0889. The standard InChI is InChI=1S/C45H36ClN/c46-45-39(26-24-33-28-41(35-14-5-1-6-15-35)32-42(29-33)36-16-7-2-8-17-36)22-13-23-40(45)27-25-34-30-43(37-18-9-3-10-19-37)47-44(31-34)38-20-11-4-12-21-38/h1-12,14-21,24-31H,13,22-23,32H2/b27-25-,39-26+. The van der Waals surface area contributed by atoms with Crippen LogP contribution in [0.1, 0.15) is 42.4 Å². The average Bonchev–Trinajstić information content (AvgIpc) is 3.15. The van der Waals surface area contributed by atoms with Crippen LogP contribution in [0.3, 0.4) is 0 Å². The van der Waals surface area contributed by atoms with Crippen molar-refractivity contribution in [3.63, 3.8) is 0 Å². The fourth-order valence-electron chi connectivity index (χ4n) is 6.29. The minimum atomic E-state index is 0.861. The summed E-state index contributed by atoms with van der Waals surface area (Å²) < 4.78 is 0. The van der Waals surface area contributed by atoms with E-state index in [1.807, 2.05) is 12.1 Å². The lowest BCUT2D eigenvalue weighted by atomic mass is 9.87. The lowest BCUT2D eigenvalue weighted by molar-refractivity contribution is 0.792. The Bertz CT molecular complexity index is 1930. The summed E-state index contributed by atoms with van der Waals surface area (Å²) in [6.07, 6.45) is 17.4. The Hall–Kier alpha value is -5.24. The predicted molar refractivity (Wildman–Crippen MR) is 200 cm³/mol. The third-order valence-corrected chi connectivity index (χ3v) is 9.23. The van der Waals surface area contributed by atoms with Crippen molar-refractivity contribution in [2.45, 2.75) is 25.7 Å². The summed E-state index contributed by atoms with van der Waals surface area (Å²) >= 11 is 7.12. The van der Waals surface area contributed by atoms with Crippen molar-refractivity contribution in [2.75, 3.05) is 0 Å². The molecule has 0 saturated heterocycles. The van der Waals surface area contributed by atoms with Gasteiger partial charge in [-0.3, -0.25) is 0 Å². The first-order valence-electron chi connectivity index (χ1n) is 16.3. The molecule has 0 unspecified atom stereocenters. The van der Waals surface area contributed by atoms with Crippen molar-refractivity contribution in [1.29, 1.82) is 0 Å². The van der Waals surface area contributed by atoms with Crippen LogP contribution in [0, 0.1) is 0 Å². The molecular formula is C45H36ClN. The molecular weight excluding hydrogens is 590 g/mol. The number of pyridine rings is 1. The second-order valence-corrected chi connectivity index (χ2v) is 12.4. The number of benzene rings is 4. The summed E-state index contributed by atoms with van der Waals surface area (Å²) in [5.41, 5.74) is 13.9. The van der Waals surface area contributed by atoms with E-state index in [9.17, 15) is 0 Å². The number of nitrogens with zero attached hydrogens (tertiary/aromatic N) is 1. The lowest BCUT2D eigenvalue weighted by Crippen LogP contribution is -1.98. The maximum absolute atomic E-state index is 7.12. The zero-order chi connectivity index (χ0) is 31.8. The van der Waals surface area contributed by atoms with Crippen molar-refractivity contribution in [3.05, 3.63) is 202 Å². The van der Waals surface area contributed by atoms with Crippen molar-refractivity contribution in [1.82, 2.24) is 4.98 Å². The first-order valence-corrected chi connectivity index (χ1v) is 16.7. The number of hydrogen-bond acceptors (Lipinski definition) is 1. The van der Waals surface area contributed by atoms with E-state index in [1.54, 1.807) is 0 Å².